The van der Waals surface area contributed by atoms with E-state index in [0.717, 1.165) is 0 Å². The lowest BCUT2D eigenvalue weighted by Crippen LogP contribution is -2.58. The Morgan fingerprint density at radius 3 is 1.88 bits per heavy atom. The highest BCUT2D eigenvalue weighted by atomic mass is 32.1. The number of carbonyl (C=O) groups excluding carboxylic acids is 3. The van der Waals surface area contributed by atoms with E-state index in [0.29, 0.717) is 6.42 Å². The van der Waals surface area contributed by atoms with Gasteiger partial charge in [-0.15, -0.1) is 0 Å². The van der Waals surface area contributed by atoms with E-state index < -0.39 is 47.9 Å². The Labute approximate surface area is 200 Å². The van der Waals surface area contributed by atoms with Gasteiger partial charge in [0.15, 0.2) is 5.96 Å². The summed E-state index contributed by atoms with van der Waals surface area (Å²) < 4.78 is 0. The highest BCUT2D eigenvalue weighted by molar-refractivity contribution is 7.80. The summed E-state index contributed by atoms with van der Waals surface area (Å²) in [7, 11) is 0. The van der Waals surface area contributed by atoms with Gasteiger partial charge in [0.1, 0.15) is 18.1 Å². The van der Waals surface area contributed by atoms with E-state index in [2.05, 4.69) is 33.6 Å². The Balaban J connectivity index is 5.42. The second kappa shape index (κ2) is 15.3. The molecule has 0 aliphatic rings. The molecule has 12 nitrogen and oxygen atoms in total. The standard InChI is InChI=1S/C20H39N7O5S/c1-10(2)8-13(19(31)32)26-16(28)12(6-5-7-24-20(22)23)25-17(29)14(9-33)27-18(30)15(21)11(3)4/h10-15,33H,5-9,21H2,1-4H3,(H,25,29)(H,26,28)(H,27,30)(H,31,32)(H4,22,23,24). The number of thiol groups is 1. The van der Waals surface area contributed by atoms with Crippen molar-refractivity contribution < 1.29 is 24.3 Å². The van der Waals surface area contributed by atoms with Gasteiger partial charge in [0.2, 0.25) is 17.7 Å². The minimum Gasteiger partial charge on any atom is -0.480 e. The van der Waals surface area contributed by atoms with Crippen LogP contribution in [-0.2, 0) is 19.2 Å². The van der Waals surface area contributed by atoms with Crippen LogP contribution in [0.25, 0.3) is 0 Å². The molecule has 4 unspecified atom stereocenters. The van der Waals surface area contributed by atoms with Gasteiger partial charge in [-0.3, -0.25) is 19.4 Å². The van der Waals surface area contributed by atoms with E-state index in [-0.39, 0.29) is 42.9 Å². The summed E-state index contributed by atoms with van der Waals surface area (Å²) in [4.78, 5) is 53.2. The third kappa shape index (κ3) is 12.3. The summed E-state index contributed by atoms with van der Waals surface area (Å²) in [5.41, 5.74) is 16.4. The van der Waals surface area contributed by atoms with E-state index >= 15 is 0 Å². The second-order valence-electron chi connectivity index (χ2n) is 8.55. The van der Waals surface area contributed by atoms with E-state index in [1.807, 2.05) is 13.8 Å². The minimum atomic E-state index is -1.18. The number of nitrogens with zero attached hydrogens (tertiary/aromatic N) is 1. The third-order valence-corrected chi connectivity index (χ3v) is 5.10. The molecule has 0 aliphatic carbocycles. The van der Waals surface area contributed by atoms with Crippen LogP contribution in [0, 0.1) is 11.8 Å². The summed E-state index contributed by atoms with van der Waals surface area (Å²) >= 11 is 4.11. The smallest absolute Gasteiger partial charge is 0.326 e. The van der Waals surface area contributed by atoms with Crippen molar-refractivity contribution in [1.82, 2.24) is 16.0 Å². The number of amides is 3. The molecule has 0 bridgehead atoms. The Morgan fingerprint density at radius 2 is 1.42 bits per heavy atom. The zero-order chi connectivity index (χ0) is 25.7. The number of carboxylic acids is 1. The minimum absolute atomic E-state index is 0.0234. The van der Waals surface area contributed by atoms with Crippen molar-refractivity contribution in [3.8, 4) is 0 Å². The van der Waals surface area contributed by atoms with Gasteiger partial charge in [-0.1, -0.05) is 27.7 Å². The number of guanidine groups is 1. The Morgan fingerprint density at radius 1 is 0.909 bits per heavy atom. The van der Waals surface area contributed by atoms with Crippen LogP contribution in [0.3, 0.4) is 0 Å². The fourth-order valence-electron chi connectivity index (χ4n) is 2.77. The first-order valence-corrected chi connectivity index (χ1v) is 11.5. The molecule has 3 amide bonds. The fourth-order valence-corrected chi connectivity index (χ4v) is 3.03. The first-order chi connectivity index (χ1) is 15.3. The van der Waals surface area contributed by atoms with Crippen LogP contribution in [0.5, 0.6) is 0 Å². The molecule has 4 atom stereocenters. The lowest BCUT2D eigenvalue weighted by molar-refractivity contribution is -0.142. The van der Waals surface area contributed by atoms with E-state index in [1.165, 1.54) is 0 Å². The molecule has 0 aromatic carbocycles. The van der Waals surface area contributed by atoms with Gasteiger partial charge in [0, 0.05) is 12.3 Å². The number of nitrogens with two attached hydrogens (primary N) is 3. The first-order valence-electron chi connectivity index (χ1n) is 10.9. The monoisotopic (exact) mass is 489 g/mol. The molecule has 190 valence electrons. The van der Waals surface area contributed by atoms with E-state index in [9.17, 15) is 24.3 Å². The van der Waals surface area contributed by atoms with Crippen molar-refractivity contribution in [3.05, 3.63) is 0 Å². The lowest BCUT2D eigenvalue weighted by Gasteiger charge is -2.25. The molecule has 13 heteroatoms. The molecular formula is C20H39N7O5S. The number of carbonyl (C=O) groups is 4. The molecule has 0 aliphatic heterocycles. The van der Waals surface area contributed by atoms with Crippen molar-refractivity contribution in [1.29, 1.82) is 0 Å². The maximum Gasteiger partial charge on any atom is 0.326 e. The molecule has 33 heavy (non-hydrogen) atoms. The quantitative estimate of drug-likeness (QED) is 0.0587. The molecule has 0 rings (SSSR count). The average molecular weight is 490 g/mol. The van der Waals surface area contributed by atoms with Crippen LogP contribution >= 0.6 is 12.6 Å². The van der Waals surface area contributed by atoms with E-state index in [1.54, 1.807) is 13.8 Å². The van der Waals surface area contributed by atoms with Crippen LogP contribution in [0.15, 0.2) is 4.99 Å². The van der Waals surface area contributed by atoms with Gasteiger partial charge in [-0.2, -0.15) is 12.6 Å². The SMILES string of the molecule is CC(C)CC(NC(=O)C(CCCN=C(N)N)NC(=O)C(CS)NC(=O)C(N)C(C)C)C(=O)O. The van der Waals surface area contributed by atoms with Gasteiger partial charge < -0.3 is 38.3 Å². The van der Waals surface area contributed by atoms with Crippen molar-refractivity contribution in [3.63, 3.8) is 0 Å². The summed E-state index contributed by atoms with van der Waals surface area (Å²) in [5.74, 6) is -3.26. The number of hydrogen-bond donors (Lipinski definition) is 8. The Kier molecular flexibility index (Phi) is 14.1. The molecule has 10 N–H and O–H groups in total. The molecule has 0 heterocycles. The van der Waals surface area contributed by atoms with Crippen molar-refractivity contribution >= 4 is 42.3 Å². The topological polar surface area (TPSA) is 215 Å². The maximum atomic E-state index is 12.8. The molecule has 0 radical (unpaired) electrons. The van der Waals surface area contributed by atoms with E-state index in [4.69, 9.17) is 17.2 Å². The number of hydrogen-bond acceptors (Lipinski definition) is 7. The summed E-state index contributed by atoms with van der Waals surface area (Å²) in [5, 5.41) is 17.0. The van der Waals surface area contributed by atoms with Crippen molar-refractivity contribution in [2.75, 3.05) is 12.3 Å². The third-order valence-electron chi connectivity index (χ3n) is 4.74. The summed E-state index contributed by atoms with van der Waals surface area (Å²) in [6.45, 7) is 7.42. The highest BCUT2D eigenvalue weighted by Crippen LogP contribution is 2.07. The van der Waals surface area contributed by atoms with Crippen LogP contribution in [0.1, 0.15) is 47.0 Å². The van der Waals surface area contributed by atoms with Gasteiger partial charge in [0.05, 0.1) is 6.04 Å². The Hall–Kier alpha value is -2.54. The molecule has 0 saturated carbocycles. The van der Waals surface area contributed by atoms with Gasteiger partial charge >= 0.3 is 5.97 Å². The Bertz CT molecular complexity index is 698. The number of nitrogens with one attached hydrogen (secondary N) is 3. The lowest BCUT2D eigenvalue weighted by atomic mass is 10.0. The predicted octanol–water partition coefficient (Wildman–Crippen LogP) is -1.46. The largest absolute Gasteiger partial charge is 0.480 e. The van der Waals surface area contributed by atoms with Gasteiger partial charge in [-0.25, -0.2) is 4.79 Å². The summed E-state index contributed by atoms with van der Waals surface area (Å²) in [6.07, 6.45) is 0.702. The van der Waals surface area contributed by atoms with Crippen LogP contribution in [-0.4, -0.2) is 71.2 Å². The average Bonchev–Trinajstić information content (AvgIpc) is 2.71. The zero-order valence-electron chi connectivity index (χ0n) is 19.7. The number of aliphatic imine (C=N–C) groups is 1. The number of aliphatic carboxylic acids is 1. The van der Waals surface area contributed by atoms with Crippen LogP contribution < -0.4 is 33.2 Å². The van der Waals surface area contributed by atoms with Crippen LogP contribution in [0.4, 0.5) is 0 Å². The molecule has 0 spiro atoms. The predicted molar refractivity (Wildman–Crippen MR) is 129 cm³/mol. The zero-order valence-corrected chi connectivity index (χ0v) is 20.6. The summed E-state index contributed by atoms with van der Waals surface area (Å²) in [6, 6.07) is -4.03. The maximum absolute atomic E-state index is 12.8. The van der Waals surface area contributed by atoms with Crippen molar-refractivity contribution in [2.24, 2.45) is 34.0 Å². The first kappa shape index (κ1) is 30.5. The number of carboxylic acid groups (broad SMARTS) is 1. The molecule has 0 saturated heterocycles. The highest BCUT2D eigenvalue weighted by Gasteiger charge is 2.30. The molecule has 0 fully saturated rings. The fraction of sp³-hybridized carbons (Fsp3) is 0.750. The normalized spacial score (nSPS) is 14.7. The van der Waals surface area contributed by atoms with Gasteiger partial charge in [-0.05, 0) is 31.1 Å². The molecule has 0 aromatic heterocycles. The second-order valence-corrected chi connectivity index (χ2v) is 8.92. The van der Waals surface area contributed by atoms with Gasteiger partial charge in [0.25, 0.3) is 0 Å². The number of rotatable bonds is 15. The van der Waals surface area contributed by atoms with Crippen molar-refractivity contribution in [2.45, 2.75) is 71.1 Å². The molecule has 0 aromatic rings. The molecular weight excluding hydrogens is 450 g/mol. The van der Waals surface area contributed by atoms with Crippen LogP contribution in [0.2, 0.25) is 0 Å².